The van der Waals surface area contributed by atoms with Gasteiger partial charge >= 0.3 is 0 Å². The van der Waals surface area contributed by atoms with Crippen LogP contribution in [0, 0.1) is 10.1 Å². The number of nitro groups is 1. The number of benzene rings is 2. The van der Waals surface area contributed by atoms with Crippen LogP contribution in [0.4, 0.5) is 5.69 Å². The highest BCUT2D eigenvalue weighted by Gasteiger charge is 2.03. The Morgan fingerprint density at radius 2 is 1.28 bits per heavy atom. The Hall–Kier alpha value is -2.76. The average Bonchev–Trinajstić information content (AvgIpc) is 2.78. The summed E-state index contributed by atoms with van der Waals surface area (Å²) in [6.45, 7) is 3.05. The summed E-state index contributed by atoms with van der Waals surface area (Å²) in [6, 6.07) is 12.2. The zero-order valence-corrected chi connectivity index (χ0v) is 19.4. The highest BCUT2D eigenvalue weighted by molar-refractivity contribution is 5.36. The fraction of sp³-hybridized carbons (Fsp3) is 0.538. The van der Waals surface area contributed by atoms with E-state index in [1.807, 2.05) is 12.1 Å². The van der Waals surface area contributed by atoms with Crippen molar-refractivity contribution in [2.24, 2.45) is 0 Å². The molecule has 0 atom stereocenters. The first-order chi connectivity index (χ1) is 15.5. The Kier molecular flexibility index (Phi) is 15.2. The van der Waals surface area contributed by atoms with Crippen molar-refractivity contribution < 1.29 is 19.9 Å². The van der Waals surface area contributed by atoms with Crippen LogP contribution in [0.15, 0.2) is 48.5 Å². The minimum Gasteiger partial charge on any atom is -0.508 e. The number of unbranched alkanes of at least 4 members (excludes halogenated alkanes) is 11. The molecule has 0 heterocycles. The number of nitrogens with zero attached hydrogens (tertiary/aromatic N) is 1. The van der Waals surface area contributed by atoms with Crippen molar-refractivity contribution in [1.29, 1.82) is 0 Å². The van der Waals surface area contributed by atoms with Crippen LogP contribution >= 0.6 is 0 Å². The van der Waals surface area contributed by atoms with Crippen LogP contribution in [-0.4, -0.2) is 21.7 Å². The van der Waals surface area contributed by atoms with Crippen LogP contribution in [0.25, 0.3) is 0 Å². The summed E-state index contributed by atoms with van der Waals surface area (Å²) in [5, 5.41) is 28.0. The zero-order chi connectivity index (χ0) is 23.4. The second kappa shape index (κ2) is 17.9. The number of nitro benzene ring substituents is 1. The van der Waals surface area contributed by atoms with Crippen molar-refractivity contribution in [1.82, 2.24) is 0 Å². The van der Waals surface area contributed by atoms with Crippen molar-refractivity contribution >= 4 is 5.69 Å². The molecule has 2 rings (SSSR count). The zero-order valence-electron chi connectivity index (χ0n) is 19.4. The molecule has 0 radical (unpaired) electrons. The Balaban J connectivity index is 0.000000425. The lowest BCUT2D eigenvalue weighted by atomic mass is 10.1. The largest absolute Gasteiger partial charge is 0.508 e. The maximum Gasteiger partial charge on any atom is 0.273 e. The van der Waals surface area contributed by atoms with Crippen LogP contribution in [0.2, 0.25) is 0 Å². The molecule has 0 amide bonds. The molecule has 0 fully saturated rings. The van der Waals surface area contributed by atoms with Gasteiger partial charge in [0, 0.05) is 6.07 Å². The van der Waals surface area contributed by atoms with Gasteiger partial charge in [-0.1, -0.05) is 83.6 Å². The lowest BCUT2D eigenvalue weighted by molar-refractivity contribution is -0.384. The summed E-state index contributed by atoms with van der Waals surface area (Å²) >= 11 is 0. The molecular weight excluding hydrogens is 406 g/mol. The average molecular weight is 446 g/mol. The molecule has 0 saturated heterocycles. The Labute approximate surface area is 192 Å². The fourth-order valence-corrected chi connectivity index (χ4v) is 3.28. The molecular formula is C26H39NO5. The summed E-state index contributed by atoms with van der Waals surface area (Å²) in [7, 11) is 0. The van der Waals surface area contributed by atoms with Crippen LogP contribution in [-0.2, 0) is 0 Å². The van der Waals surface area contributed by atoms with Gasteiger partial charge < -0.3 is 14.9 Å². The molecule has 0 aliphatic carbocycles. The molecule has 6 heteroatoms. The normalized spacial score (nSPS) is 10.3. The van der Waals surface area contributed by atoms with Gasteiger partial charge in [-0.05, 0) is 36.8 Å². The van der Waals surface area contributed by atoms with Gasteiger partial charge in [0.25, 0.3) is 5.69 Å². The van der Waals surface area contributed by atoms with Crippen LogP contribution in [0.5, 0.6) is 17.2 Å². The molecule has 0 aliphatic rings. The molecule has 178 valence electrons. The summed E-state index contributed by atoms with van der Waals surface area (Å²) in [5.74, 6) is 1.05. The van der Waals surface area contributed by atoms with Gasteiger partial charge in [0.05, 0.1) is 17.6 Å². The number of hydrogen-bond acceptors (Lipinski definition) is 5. The first kappa shape index (κ1) is 27.3. The lowest BCUT2D eigenvalue weighted by Gasteiger charge is -2.06. The van der Waals surface area contributed by atoms with E-state index in [2.05, 4.69) is 6.92 Å². The number of aromatic hydroxyl groups is 2. The van der Waals surface area contributed by atoms with E-state index in [4.69, 9.17) is 9.84 Å². The first-order valence-electron chi connectivity index (χ1n) is 11.9. The minimum atomic E-state index is -0.556. The first-order valence-corrected chi connectivity index (χ1v) is 11.9. The number of phenols is 2. The third-order valence-corrected chi connectivity index (χ3v) is 5.14. The van der Waals surface area contributed by atoms with E-state index in [0.29, 0.717) is 0 Å². The Morgan fingerprint density at radius 1 is 0.750 bits per heavy atom. The Morgan fingerprint density at radius 3 is 1.75 bits per heavy atom. The van der Waals surface area contributed by atoms with Gasteiger partial charge in [0.1, 0.15) is 17.2 Å². The topological polar surface area (TPSA) is 92.8 Å². The van der Waals surface area contributed by atoms with Crippen LogP contribution in [0.1, 0.15) is 84.0 Å². The van der Waals surface area contributed by atoms with E-state index in [-0.39, 0.29) is 17.2 Å². The quantitative estimate of drug-likeness (QED) is 0.166. The molecule has 6 nitrogen and oxygen atoms in total. The van der Waals surface area contributed by atoms with Crippen LogP contribution < -0.4 is 4.74 Å². The van der Waals surface area contributed by atoms with Gasteiger partial charge in [0.15, 0.2) is 0 Å². The number of non-ortho nitro benzene ring substituents is 1. The molecule has 0 unspecified atom stereocenters. The lowest BCUT2D eigenvalue weighted by Crippen LogP contribution is -1.96. The highest BCUT2D eigenvalue weighted by atomic mass is 16.6. The van der Waals surface area contributed by atoms with Crippen molar-refractivity contribution in [3.63, 3.8) is 0 Å². The van der Waals surface area contributed by atoms with Gasteiger partial charge in [-0.25, -0.2) is 0 Å². The molecule has 0 saturated carbocycles. The number of phenolic OH excluding ortho intramolecular Hbond substituents is 2. The monoisotopic (exact) mass is 445 g/mol. The summed E-state index contributed by atoms with van der Waals surface area (Å²) in [6.07, 6.45) is 16.4. The summed E-state index contributed by atoms with van der Waals surface area (Å²) in [4.78, 5) is 9.49. The molecule has 2 N–H and O–H groups in total. The molecule has 0 aliphatic heterocycles. The molecule has 0 spiro atoms. The minimum absolute atomic E-state index is 0.0887. The second-order valence-corrected chi connectivity index (χ2v) is 8.01. The van der Waals surface area contributed by atoms with Crippen molar-refractivity contribution in [2.45, 2.75) is 84.0 Å². The number of hydrogen-bond donors (Lipinski definition) is 2. The molecule has 2 aromatic carbocycles. The van der Waals surface area contributed by atoms with Crippen molar-refractivity contribution in [3.8, 4) is 17.2 Å². The van der Waals surface area contributed by atoms with E-state index >= 15 is 0 Å². The molecule has 0 bridgehead atoms. The SMILES string of the molecule is CCCCCCCCCCCCCCOc1ccc(O)cc1.O=[N+]([O-])c1cccc(O)c1. The van der Waals surface area contributed by atoms with Crippen molar-refractivity contribution in [2.75, 3.05) is 6.61 Å². The van der Waals surface area contributed by atoms with E-state index in [0.717, 1.165) is 24.8 Å². The van der Waals surface area contributed by atoms with Gasteiger partial charge in [-0.3, -0.25) is 10.1 Å². The van der Waals surface area contributed by atoms with E-state index in [9.17, 15) is 15.2 Å². The molecule has 2 aromatic rings. The van der Waals surface area contributed by atoms with E-state index in [1.54, 1.807) is 12.1 Å². The van der Waals surface area contributed by atoms with Crippen molar-refractivity contribution in [3.05, 3.63) is 58.6 Å². The smallest absolute Gasteiger partial charge is 0.273 e. The van der Waals surface area contributed by atoms with Gasteiger partial charge in [-0.2, -0.15) is 0 Å². The predicted octanol–water partition coefficient (Wildman–Crippen LogP) is 7.77. The number of rotatable bonds is 15. The highest BCUT2D eigenvalue weighted by Crippen LogP contribution is 2.17. The maximum atomic E-state index is 10.0. The Bertz CT molecular complexity index is 733. The van der Waals surface area contributed by atoms with E-state index < -0.39 is 4.92 Å². The standard InChI is InChI=1S/C20H34O2.C6H5NO3/c1-2-3-4-5-6-7-8-9-10-11-12-13-18-22-20-16-14-19(21)15-17-20;8-6-3-1-2-5(4-6)7(9)10/h14-17,21H,2-13,18H2,1H3;1-4,8H. The summed E-state index contributed by atoms with van der Waals surface area (Å²) in [5.41, 5.74) is -0.0972. The maximum absolute atomic E-state index is 10.0. The predicted molar refractivity (Wildman–Crippen MR) is 129 cm³/mol. The molecule has 0 aromatic heterocycles. The second-order valence-electron chi connectivity index (χ2n) is 8.01. The third kappa shape index (κ3) is 14.3. The van der Waals surface area contributed by atoms with Crippen LogP contribution in [0.3, 0.4) is 0 Å². The number of ether oxygens (including phenoxy) is 1. The summed E-state index contributed by atoms with van der Waals surface area (Å²) < 4.78 is 5.64. The van der Waals surface area contributed by atoms with Gasteiger partial charge in [-0.15, -0.1) is 0 Å². The fourth-order valence-electron chi connectivity index (χ4n) is 3.28. The van der Waals surface area contributed by atoms with E-state index in [1.165, 1.54) is 88.8 Å². The third-order valence-electron chi connectivity index (χ3n) is 5.14. The van der Waals surface area contributed by atoms with Gasteiger partial charge in [0.2, 0.25) is 0 Å². The molecule has 32 heavy (non-hydrogen) atoms.